The lowest BCUT2D eigenvalue weighted by atomic mass is 9.99. The molecule has 1 unspecified atom stereocenters. The van der Waals surface area contributed by atoms with Crippen LogP contribution in [-0.2, 0) is 20.6 Å². The Hall–Kier alpha value is -1.80. The Morgan fingerprint density at radius 1 is 1.23 bits per heavy atom. The number of benzene rings is 2. The van der Waals surface area contributed by atoms with Gasteiger partial charge in [-0.3, -0.25) is 4.79 Å². The number of ether oxygens (including phenoxy) is 1. The van der Waals surface area contributed by atoms with Gasteiger partial charge < -0.3 is 10.1 Å². The highest BCUT2D eigenvalue weighted by Gasteiger charge is 2.32. The van der Waals surface area contributed by atoms with E-state index in [0.717, 1.165) is 11.3 Å². The number of carbonyl (C=O) groups excluding carboxylic acids is 1. The summed E-state index contributed by atoms with van der Waals surface area (Å²) >= 11 is 12.0. The molecule has 0 aliphatic carbocycles. The first kappa shape index (κ1) is 23.9. The number of carbonyl (C=O) groups is 1. The molecule has 0 saturated carbocycles. The van der Waals surface area contributed by atoms with Gasteiger partial charge in [-0.25, -0.2) is 12.7 Å². The molecule has 3 rings (SSSR count). The summed E-state index contributed by atoms with van der Waals surface area (Å²) in [5.41, 5.74) is 1.59. The summed E-state index contributed by atoms with van der Waals surface area (Å²) in [5.74, 6) is -0.00714. The van der Waals surface area contributed by atoms with Crippen LogP contribution in [0.4, 0.5) is 0 Å². The summed E-state index contributed by atoms with van der Waals surface area (Å²) in [6, 6.07) is 12.5. The maximum Gasteiger partial charge on any atom is 0.224 e. The minimum atomic E-state index is -3.60. The largest absolute Gasteiger partial charge is 0.492 e. The van der Waals surface area contributed by atoms with E-state index in [0.29, 0.717) is 48.1 Å². The maximum absolute atomic E-state index is 12.9. The van der Waals surface area contributed by atoms with Crippen LogP contribution in [0.3, 0.4) is 0 Å². The summed E-state index contributed by atoms with van der Waals surface area (Å²) in [7, 11) is -3.60. The molecule has 1 atom stereocenters. The Kier molecular flexibility index (Phi) is 8.22. The van der Waals surface area contributed by atoms with Crippen LogP contribution in [0.2, 0.25) is 10.0 Å². The van der Waals surface area contributed by atoms with E-state index >= 15 is 0 Å². The third-order valence-electron chi connectivity index (χ3n) is 5.16. The fraction of sp³-hybridized carbons (Fsp3) is 0.409. The quantitative estimate of drug-likeness (QED) is 0.573. The van der Waals surface area contributed by atoms with E-state index in [4.69, 9.17) is 27.9 Å². The second kappa shape index (κ2) is 10.7. The van der Waals surface area contributed by atoms with Crippen LogP contribution < -0.4 is 10.1 Å². The standard InChI is InChI=1S/C22H26Cl2N2O4S/c1-16-4-2-6-20(12-16)30-11-9-25-22(27)17-5-3-10-26(14-17)31(28,29)15-18-7-8-19(23)13-21(18)24/h2,4,6-8,12-13,17H,3,5,9-11,14-15H2,1H3,(H,25,27). The van der Waals surface area contributed by atoms with E-state index in [9.17, 15) is 13.2 Å². The van der Waals surface area contributed by atoms with Crippen LogP contribution in [0.5, 0.6) is 5.75 Å². The molecule has 1 fully saturated rings. The van der Waals surface area contributed by atoms with Crippen LogP contribution in [0.15, 0.2) is 42.5 Å². The van der Waals surface area contributed by atoms with E-state index < -0.39 is 10.0 Å². The fourth-order valence-corrected chi connectivity index (χ4v) is 5.72. The van der Waals surface area contributed by atoms with E-state index in [-0.39, 0.29) is 24.1 Å². The number of rotatable bonds is 8. The molecule has 1 saturated heterocycles. The smallest absolute Gasteiger partial charge is 0.224 e. The molecule has 0 aromatic heterocycles. The predicted octanol–water partition coefficient (Wildman–Crippen LogP) is 4.04. The van der Waals surface area contributed by atoms with Crippen molar-refractivity contribution >= 4 is 39.1 Å². The molecular weight excluding hydrogens is 459 g/mol. The normalized spacial score (nSPS) is 17.3. The molecule has 0 radical (unpaired) electrons. The van der Waals surface area contributed by atoms with E-state index in [1.165, 1.54) is 10.4 Å². The molecule has 2 aromatic rings. The number of piperidine rings is 1. The average Bonchev–Trinajstić information content (AvgIpc) is 2.73. The first-order valence-electron chi connectivity index (χ1n) is 10.1. The number of sulfonamides is 1. The molecule has 31 heavy (non-hydrogen) atoms. The Bertz CT molecular complexity index is 1030. The second-order valence-corrected chi connectivity index (χ2v) is 10.5. The number of hydrogen-bond donors (Lipinski definition) is 1. The van der Waals surface area contributed by atoms with Gasteiger partial charge >= 0.3 is 0 Å². The molecule has 168 valence electrons. The minimum absolute atomic E-state index is 0.155. The molecule has 1 amide bonds. The Morgan fingerprint density at radius 3 is 2.77 bits per heavy atom. The zero-order chi connectivity index (χ0) is 22.4. The van der Waals surface area contributed by atoms with Gasteiger partial charge in [0.25, 0.3) is 0 Å². The SMILES string of the molecule is Cc1cccc(OCCNC(=O)C2CCCN(S(=O)(=O)Cc3ccc(Cl)cc3Cl)C2)c1. The predicted molar refractivity (Wildman–Crippen MR) is 123 cm³/mol. The maximum atomic E-state index is 12.9. The average molecular weight is 485 g/mol. The van der Waals surface area contributed by atoms with Crippen molar-refractivity contribution in [3.8, 4) is 5.75 Å². The summed E-state index contributed by atoms with van der Waals surface area (Å²) in [6.07, 6.45) is 1.28. The monoisotopic (exact) mass is 484 g/mol. The first-order chi connectivity index (χ1) is 14.7. The lowest BCUT2D eigenvalue weighted by Gasteiger charge is -2.31. The molecule has 9 heteroatoms. The molecular formula is C22H26Cl2N2O4S. The fourth-order valence-electron chi connectivity index (χ4n) is 3.53. The van der Waals surface area contributed by atoms with Gasteiger partial charge in [-0.2, -0.15) is 0 Å². The van der Waals surface area contributed by atoms with Crippen LogP contribution >= 0.6 is 23.2 Å². The van der Waals surface area contributed by atoms with Crippen molar-refractivity contribution in [2.24, 2.45) is 5.92 Å². The summed E-state index contributed by atoms with van der Waals surface area (Å²) in [5, 5.41) is 3.62. The number of nitrogens with one attached hydrogen (secondary N) is 1. The molecule has 0 spiro atoms. The van der Waals surface area contributed by atoms with Gasteiger partial charge in [0.15, 0.2) is 0 Å². The highest BCUT2D eigenvalue weighted by molar-refractivity contribution is 7.88. The van der Waals surface area contributed by atoms with Gasteiger partial charge in [-0.15, -0.1) is 0 Å². The number of amides is 1. The van der Waals surface area contributed by atoms with Crippen molar-refractivity contribution in [2.45, 2.75) is 25.5 Å². The van der Waals surface area contributed by atoms with Gasteiger partial charge in [0.1, 0.15) is 12.4 Å². The van der Waals surface area contributed by atoms with Gasteiger partial charge in [0, 0.05) is 23.1 Å². The summed E-state index contributed by atoms with van der Waals surface area (Å²) in [6.45, 7) is 3.25. The topological polar surface area (TPSA) is 75.7 Å². The highest BCUT2D eigenvalue weighted by Crippen LogP contribution is 2.26. The Balaban J connectivity index is 1.51. The number of hydrogen-bond acceptors (Lipinski definition) is 4. The van der Waals surface area contributed by atoms with Crippen molar-refractivity contribution in [3.05, 3.63) is 63.6 Å². The van der Waals surface area contributed by atoms with Gasteiger partial charge in [-0.05, 0) is 55.2 Å². The second-order valence-electron chi connectivity index (χ2n) is 7.65. The van der Waals surface area contributed by atoms with Crippen molar-refractivity contribution in [1.29, 1.82) is 0 Å². The van der Waals surface area contributed by atoms with Gasteiger partial charge in [0.2, 0.25) is 15.9 Å². The summed E-state index contributed by atoms with van der Waals surface area (Å²) < 4.78 is 32.8. The van der Waals surface area contributed by atoms with Crippen molar-refractivity contribution in [2.75, 3.05) is 26.2 Å². The van der Waals surface area contributed by atoms with Gasteiger partial charge in [-0.1, -0.05) is 41.4 Å². The van der Waals surface area contributed by atoms with E-state index in [1.54, 1.807) is 12.1 Å². The molecule has 1 aliphatic heterocycles. The zero-order valence-electron chi connectivity index (χ0n) is 17.3. The van der Waals surface area contributed by atoms with Crippen LogP contribution in [0.1, 0.15) is 24.0 Å². The highest BCUT2D eigenvalue weighted by atomic mass is 35.5. The van der Waals surface area contributed by atoms with Crippen LogP contribution in [0.25, 0.3) is 0 Å². The van der Waals surface area contributed by atoms with Crippen molar-refractivity contribution in [3.63, 3.8) is 0 Å². The molecule has 0 bridgehead atoms. The third-order valence-corrected chi connectivity index (χ3v) is 7.54. The first-order valence-corrected chi connectivity index (χ1v) is 12.5. The van der Waals surface area contributed by atoms with Crippen LogP contribution in [0, 0.1) is 12.8 Å². The lowest BCUT2D eigenvalue weighted by Crippen LogP contribution is -2.46. The molecule has 1 N–H and O–H groups in total. The molecule has 2 aromatic carbocycles. The van der Waals surface area contributed by atoms with Gasteiger partial charge in [0.05, 0.1) is 18.2 Å². The number of aryl methyl sites for hydroxylation is 1. The van der Waals surface area contributed by atoms with E-state index in [2.05, 4.69) is 5.32 Å². The zero-order valence-corrected chi connectivity index (χ0v) is 19.6. The molecule has 1 heterocycles. The molecule has 6 nitrogen and oxygen atoms in total. The van der Waals surface area contributed by atoms with Crippen LogP contribution in [-0.4, -0.2) is 44.9 Å². The van der Waals surface area contributed by atoms with E-state index in [1.807, 2.05) is 31.2 Å². The third kappa shape index (κ3) is 6.84. The number of nitrogens with zero attached hydrogens (tertiary/aromatic N) is 1. The lowest BCUT2D eigenvalue weighted by molar-refractivity contribution is -0.126. The van der Waals surface area contributed by atoms with Crippen molar-refractivity contribution < 1.29 is 17.9 Å². The Labute approximate surface area is 193 Å². The number of halogens is 2. The molecule has 1 aliphatic rings. The summed E-state index contributed by atoms with van der Waals surface area (Å²) in [4.78, 5) is 12.6. The van der Waals surface area contributed by atoms with Crippen molar-refractivity contribution in [1.82, 2.24) is 9.62 Å². The Morgan fingerprint density at radius 2 is 2.03 bits per heavy atom. The minimum Gasteiger partial charge on any atom is -0.492 e.